The summed E-state index contributed by atoms with van der Waals surface area (Å²) < 4.78 is 1.95. The summed E-state index contributed by atoms with van der Waals surface area (Å²) in [7, 11) is 0. The Labute approximate surface area is 126 Å². The third kappa shape index (κ3) is 3.17. The second kappa shape index (κ2) is 6.41. The predicted molar refractivity (Wildman–Crippen MR) is 85.3 cm³/mol. The fourth-order valence-corrected chi connectivity index (χ4v) is 3.24. The maximum Gasteiger partial charge on any atom is 0.0769 e. The molecule has 21 heavy (non-hydrogen) atoms. The molecule has 2 unspecified atom stereocenters. The van der Waals surface area contributed by atoms with Crippen LogP contribution in [-0.2, 0) is 6.54 Å². The SMILES string of the molecule is CC1CCCC(CN)N1Cc1ccn(-c2ccccc2)n1. The summed E-state index contributed by atoms with van der Waals surface area (Å²) >= 11 is 0. The first kappa shape index (κ1) is 14.3. The molecule has 4 nitrogen and oxygen atoms in total. The van der Waals surface area contributed by atoms with Crippen LogP contribution in [0.1, 0.15) is 31.9 Å². The Morgan fingerprint density at radius 1 is 1.19 bits per heavy atom. The van der Waals surface area contributed by atoms with E-state index in [9.17, 15) is 0 Å². The van der Waals surface area contributed by atoms with Gasteiger partial charge in [0, 0.05) is 31.4 Å². The number of benzene rings is 1. The molecule has 2 N–H and O–H groups in total. The maximum atomic E-state index is 5.94. The van der Waals surface area contributed by atoms with Gasteiger partial charge in [0.1, 0.15) is 0 Å². The van der Waals surface area contributed by atoms with Crippen molar-refractivity contribution in [3.8, 4) is 5.69 Å². The van der Waals surface area contributed by atoms with Crippen molar-refractivity contribution < 1.29 is 0 Å². The molecular formula is C17H24N4. The number of nitrogens with zero attached hydrogens (tertiary/aromatic N) is 3. The van der Waals surface area contributed by atoms with Gasteiger partial charge in [0.05, 0.1) is 11.4 Å². The Morgan fingerprint density at radius 2 is 2.00 bits per heavy atom. The van der Waals surface area contributed by atoms with Crippen LogP contribution < -0.4 is 5.73 Å². The van der Waals surface area contributed by atoms with Crippen molar-refractivity contribution in [2.24, 2.45) is 5.73 Å². The molecule has 0 saturated carbocycles. The van der Waals surface area contributed by atoms with Gasteiger partial charge in [-0.25, -0.2) is 4.68 Å². The maximum absolute atomic E-state index is 5.94. The average Bonchev–Trinajstić information content (AvgIpc) is 2.99. The molecule has 1 aliphatic rings. The molecule has 112 valence electrons. The number of piperidine rings is 1. The van der Waals surface area contributed by atoms with Crippen LogP contribution in [0.2, 0.25) is 0 Å². The predicted octanol–water partition coefficient (Wildman–Crippen LogP) is 2.57. The standard InChI is InChI=1S/C17H24N4/c1-14-6-5-9-17(12-18)20(14)13-15-10-11-21(19-15)16-7-3-2-4-8-16/h2-4,7-8,10-11,14,17H,5-6,9,12-13,18H2,1H3. The van der Waals surface area contributed by atoms with Gasteiger partial charge in [-0.15, -0.1) is 0 Å². The van der Waals surface area contributed by atoms with Crippen molar-refractivity contribution >= 4 is 0 Å². The fourth-order valence-electron chi connectivity index (χ4n) is 3.24. The molecule has 1 saturated heterocycles. The fraction of sp³-hybridized carbons (Fsp3) is 0.471. The van der Waals surface area contributed by atoms with E-state index in [1.54, 1.807) is 0 Å². The monoisotopic (exact) mass is 284 g/mol. The molecule has 4 heteroatoms. The molecular weight excluding hydrogens is 260 g/mol. The van der Waals surface area contributed by atoms with Crippen LogP contribution in [0, 0.1) is 0 Å². The van der Waals surface area contributed by atoms with Crippen LogP contribution in [0.4, 0.5) is 0 Å². The van der Waals surface area contributed by atoms with Gasteiger partial charge in [0.2, 0.25) is 0 Å². The molecule has 0 bridgehead atoms. The molecule has 0 amide bonds. The highest BCUT2D eigenvalue weighted by molar-refractivity contribution is 5.30. The molecule has 2 heterocycles. The van der Waals surface area contributed by atoms with Crippen LogP contribution in [0.5, 0.6) is 0 Å². The third-order valence-electron chi connectivity index (χ3n) is 4.48. The normalized spacial score (nSPS) is 23.3. The first-order valence-corrected chi connectivity index (χ1v) is 7.83. The first-order chi connectivity index (χ1) is 10.3. The zero-order valence-electron chi connectivity index (χ0n) is 12.7. The number of hydrogen-bond donors (Lipinski definition) is 1. The van der Waals surface area contributed by atoms with E-state index in [4.69, 9.17) is 10.8 Å². The van der Waals surface area contributed by atoms with E-state index in [0.29, 0.717) is 12.1 Å². The lowest BCUT2D eigenvalue weighted by molar-refractivity contribution is 0.0877. The zero-order chi connectivity index (χ0) is 14.7. The summed E-state index contributed by atoms with van der Waals surface area (Å²) in [6.07, 6.45) is 5.80. The lowest BCUT2D eigenvalue weighted by atomic mass is 9.96. The average molecular weight is 284 g/mol. The highest BCUT2D eigenvalue weighted by Gasteiger charge is 2.27. The quantitative estimate of drug-likeness (QED) is 0.938. The Hall–Kier alpha value is -1.65. The lowest BCUT2D eigenvalue weighted by Gasteiger charge is -2.39. The molecule has 0 radical (unpaired) electrons. The molecule has 1 aromatic carbocycles. The largest absolute Gasteiger partial charge is 0.329 e. The van der Waals surface area contributed by atoms with E-state index in [1.807, 2.05) is 29.1 Å². The van der Waals surface area contributed by atoms with Gasteiger partial charge in [-0.3, -0.25) is 4.90 Å². The number of nitrogens with two attached hydrogens (primary N) is 1. The second-order valence-electron chi connectivity index (χ2n) is 5.93. The van der Waals surface area contributed by atoms with Crippen molar-refractivity contribution in [2.45, 2.75) is 44.8 Å². The zero-order valence-corrected chi connectivity index (χ0v) is 12.7. The third-order valence-corrected chi connectivity index (χ3v) is 4.48. The Kier molecular flexibility index (Phi) is 4.36. The minimum Gasteiger partial charge on any atom is -0.329 e. The number of aromatic nitrogens is 2. The van der Waals surface area contributed by atoms with E-state index >= 15 is 0 Å². The smallest absolute Gasteiger partial charge is 0.0769 e. The highest BCUT2D eigenvalue weighted by atomic mass is 15.3. The van der Waals surface area contributed by atoms with Crippen molar-refractivity contribution in [1.82, 2.24) is 14.7 Å². The van der Waals surface area contributed by atoms with E-state index in [2.05, 4.69) is 30.0 Å². The Bertz CT molecular complexity index is 563. The van der Waals surface area contributed by atoms with Crippen molar-refractivity contribution in [3.05, 3.63) is 48.3 Å². The molecule has 2 aromatic rings. The molecule has 1 aromatic heterocycles. The van der Waals surface area contributed by atoms with Crippen molar-refractivity contribution in [3.63, 3.8) is 0 Å². The topological polar surface area (TPSA) is 47.1 Å². The van der Waals surface area contributed by atoms with Gasteiger partial charge in [0.15, 0.2) is 0 Å². The lowest BCUT2D eigenvalue weighted by Crippen LogP contribution is -2.48. The van der Waals surface area contributed by atoms with Crippen LogP contribution >= 0.6 is 0 Å². The Balaban J connectivity index is 1.74. The van der Waals surface area contributed by atoms with Crippen LogP contribution in [-0.4, -0.2) is 33.3 Å². The molecule has 0 aliphatic carbocycles. The van der Waals surface area contributed by atoms with E-state index in [1.165, 1.54) is 19.3 Å². The molecule has 2 atom stereocenters. The van der Waals surface area contributed by atoms with E-state index < -0.39 is 0 Å². The molecule has 0 spiro atoms. The number of rotatable bonds is 4. The number of para-hydroxylation sites is 1. The van der Waals surface area contributed by atoms with E-state index in [0.717, 1.165) is 24.5 Å². The van der Waals surface area contributed by atoms with Crippen molar-refractivity contribution in [2.75, 3.05) is 6.54 Å². The van der Waals surface area contributed by atoms with Crippen LogP contribution in [0.25, 0.3) is 5.69 Å². The van der Waals surface area contributed by atoms with Crippen LogP contribution in [0.15, 0.2) is 42.6 Å². The van der Waals surface area contributed by atoms with Crippen LogP contribution in [0.3, 0.4) is 0 Å². The van der Waals surface area contributed by atoms with E-state index in [-0.39, 0.29) is 0 Å². The van der Waals surface area contributed by atoms with Gasteiger partial charge in [0.25, 0.3) is 0 Å². The van der Waals surface area contributed by atoms with Gasteiger partial charge in [-0.2, -0.15) is 5.10 Å². The summed E-state index contributed by atoms with van der Waals surface area (Å²) in [5.74, 6) is 0. The van der Waals surface area contributed by atoms with Gasteiger partial charge in [-0.05, 0) is 38.0 Å². The summed E-state index contributed by atoms with van der Waals surface area (Å²) in [5, 5.41) is 4.71. The Morgan fingerprint density at radius 3 is 2.76 bits per heavy atom. The van der Waals surface area contributed by atoms with Gasteiger partial charge in [-0.1, -0.05) is 24.6 Å². The number of likely N-dealkylation sites (tertiary alicyclic amines) is 1. The molecule has 1 aliphatic heterocycles. The molecule has 1 fully saturated rings. The summed E-state index contributed by atoms with van der Waals surface area (Å²) in [5.41, 5.74) is 8.16. The minimum absolute atomic E-state index is 0.496. The van der Waals surface area contributed by atoms with Crippen molar-refractivity contribution in [1.29, 1.82) is 0 Å². The first-order valence-electron chi connectivity index (χ1n) is 7.83. The number of hydrogen-bond acceptors (Lipinski definition) is 3. The summed E-state index contributed by atoms with van der Waals surface area (Å²) in [6, 6.07) is 13.4. The highest BCUT2D eigenvalue weighted by Crippen LogP contribution is 2.24. The molecule has 3 rings (SSSR count). The summed E-state index contributed by atoms with van der Waals surface area (Å²) in [6.45, 7) is 3.93. The minimum atomic E-state index is 0.496. The summed E-state index contributed by atoms with van der Waals surface area (Å²) in [4.78, 5) is 2.52. The second-order valence-corrected chi connectivity index (χ2v) is 5.93. The van der Waals surface area contributed by atoms with Gasteiger partial charge >= 0.3 is 0 Å². The van der Waals surface area contributed by atoms with Gasteiger partial charge < -0.3 is 5.73 Å².